The summed E-state index contributed by atoms with van der Waals surface area (Å²) in [4.78, 5) is 12.8. The fourth-order valence-electron chi connectivity index (χ4n) is 1.70. The molecule has 2 rings (SSSR count). The molecule has 6 heteroatoms. The lowest BCUT2D eigenvalue weighted by molar-refractivity contribution is 0.0954. The van der Waals surface area contributed by atoms with Crippen molar-refractivity contribution in [3.05, 3.63) is 33.6 Å². The van der Waals surface area contributed by atoms with Gasteiger partial charge in [-0.1, -0.05) is 6.92 Å². The number of nitrogen functional groups attached to an aromatic ring is 1. The van der Waals surface area contributed by atoms with E-state index in [1.165, 1.54) is 11.3 Å². The predicted octanol–water partition coefficient (Wildman–Crippen LogP) is 1.56. The van der Waals surface area contributed by atoms with Gasteiger partial charge >= 0.3 is 0 Å². The number of hydrogen-bond acceptors (Lipinski definition) is 4. The van der Waals surface area contributed by atoms with E-state index < -0.39 is 0 Å². The first kappa shape index (κ1) is 12.6. The third-order valence-corrected chi connectivity index (χ3v) is 3.79. The SMILES string of the molecule is CCc1ccsc1C(=O)NCc1cnn(C)c1N. The molecule has 96 valence electrons. The minimum Gasteiger partial charge on any atom is -0.384 e. The number of aromatic nitrogens is 2. The molecule has 0 aliphatic rings. The van der Waals surface area contributed by atoms with Crippen LogP contribution in [0.2, 0.25) is 0 Å². The zero-order valence-corrected chi connectivity index (χ0v) is 11.3. The summed E-state index contributed by atoms with van der Waals surface area (Å²) < 4.78 is 1.59. The van der Waals surface area contributed by atoms with Gasteiger partial charge in [-0.25, -0.2) is 0 Å². The number of rotatable bonds is 4. The molecule has 0 fully saturated rings. The summed E-state index contributed by atoms with van der Waals surface area (Å²) in [5.74, 6) is 0.530. The summed E-state index contributed by atoms with van der Waals surface area (Å²) in [5, 5.41) is 8.84. The third-order valence-electron chi connectivity index (χ3n) is 2.84. The van der Waals surface area contributed by atoms with Crippen LogP contribution in [0.25, 0.3) is 0 Å². The lowest BCUT2D eigenvalue weighted by Gasteiger charge is -2.05. The minimum atomic E-state index is -0.0508. The molecule has 0 unspecified atom stereocenters. The molecule has 0 aliphatic carbocycles. The molecule has 0 aliphatic heterocycles. The van der Waals surface area contributed by atoms with Gasteiger partial charge in [0.1, 0.15) is 5.82 Å². The van der Waals surface area contributed by atoms with Gasteiger partial charge in [0, 0.05) is 19.2 Å². The van der Waals surface area contributed by atoms with Crippen LogP contribution < -0.4 is 11.1 Å². The van der Waals surface area contributed by atoms with Crippen molar-refractivity contribution < 1.29 is 4.79 Å². The number of nitrogens with one attached hydrogen (secondary N) is 1. The van der Waals surface area contributed by atoms with Gasteiger partial charge < -0.3 is 11.1 Å². The quantitative estimate of drug-likeness (QED) is 0.880. The molecule has 2 aromatic heterocycles. The van der Waals surface area contributed by atoms with Gasteiger partial charge in [0.25, 0.3) is 5.91 Å². The van der Waals surface area contributed by atoms with Crippen LogP contribution in [0.15, 0.2) is 17.6 Å². The molecular formula is C12H16N4OS. The monoisotopic (exact) mass is 264 g/mol. The molecule has 0 radical (unpaired) electrons. The van der Waals surface area contributed by atoms with Crippen LogP contribution in [-0.2, 0) is 20.0 Å². The van der Waals surface area contributed by atoms with Crippen molar-refractivity contribution in [3.63, 3.8) is 0 Å². The number of anilines is 1. The number of aryl methyl sites for hydroxylation is 2. The van der Waals surface area contributed by atoms with E-state index in [4.69, 9.17) is 5.73 Å². The number of thiophene rings is 1. The average Bonchev–Trinajstić information content (AvgIpc) is 2.96. The Morgan fingerprint density at radius 1 is 1.56 bits per heavy atom. The van der Waals surface area contributed by atoms with E-state index in [0.29, 0.717) is 12.4 Å². The van der Waals surface area contributed by atoms with Crippen LogP contribution in [0.4, 0.5) is 5.82 Å². The first-order valence-electron chi connectivity index (χ1n) is 5.74. The van der Waals surface area contributed by atoms with Gasteiger partial charge in [0.2, 0.25) is 0 Å². The Morgan fingerprint density at radius 2 is 2.33 bits per heavy atom. The summed E-state index contributed by atoms with van der Waals surface area (Å²) in [5.41, 5.74) is 7.73. The topological polar surface area (TPSA) is 72.9 Å². The molecule has 5 nitrogen and oxygen atoms in total. The van der Waals surface area contributed by atoms with Crippen molar-refractivity contribution in [3.8, 4) is 0 Å². The Bertz CT molecular complexity index is 558. The number of hydrogen-bond donors (Lipinski definition) is 2. The lowest BCUT2D eigenvalue weighted by atomic mass is 10.2. The van der Waals surface area contributed by atoms with Crippen molar-refractivity contribution in [1.82, 2.24) is 15.1 Å². The van der Waals surface area contributed by atoms with Gasteiger partial charge in [-0.3, -0.25) is 9.48 Å². The number of carbonyl (C=O) groups excluding carboxylic acids is 1. The second-order valence-corrected chi connectivity index (χ2v) is 4.91. The molecule has 2 heterocycles. The summed E-state index contributed by atoms with van der Waals surface area (Å²) in [7, 11) is 1.77. The van der Waals surface area contributed by atoms with Crippen molar-refractivity contribution in [2.45, 2.75) is 19.9 Å². The highest BCUT2D eigenvalue weighted by molar-refractivity contribution is 7.12. The largest absolute Gasteiger partial charge is 0.384 e. The maximum absolute atomic E-state index is 12.0. The lowest BCUT2D eigenvalue weighted by Crippen LogP contribution is -2.23. The molecule has 0 saturated carbocycles. The van der Waals surface area contributed by atoms with Gasteiger partial charge in [-0.2, -0.15) is 5.10 Å². The smallest absolute Gasteiger partial charge is 0.261 e. The van der Waals surface area contributed by atoms with Crippen molar-refractivity contribution in [2.75, 3.05) is 5.73 Å². The summed E-state index contributed by atoms with van der Waals surface area (Å²) in [6.07, 6.45) is 2.53. The van der Waals surface area contributed by atoms with E-state index in [0.717, 1.165) is 22.4 Å². The molecule has 1 amide bonds. The number of carbonyl (C=O) groups is 1. The second-order valence-electron chi connectivity index (χ2n) is 3.99. The van der Waals surface area contributed by atoms with Gasteiger partial charge in [0.15, 0.2) is 0 Å². The second kappa shape index (κ2) is 5.22. The van der Waals surface area contributed by atoms with E-state index in [9.17, 15) is 4.79 Å². The molecule has 0 saturated heterocycles. The fourth-order valence-corrected chi connectivity index (χ4v) is 2.61. The van der Waals surface area contributed by atoms with Crippen LogP contribution >= 0.6 is 11.3 Å². The molecule has 0 bridgehead atoms. The number of amides is 1. The maximum atomic E-state index is 12.0. The van der Waals surface area contributed by atoms with Crippen molar-refractivity contribution >= 4 is 23.1 Å². The van der Waals surface area contributed by atoms with Crippen LogP contribution in [-0.4, -0.2) is 15.7 Å². The highest BCUT2D eigenvalue weighted by atomic mass is 32.1. The van der Waals surface area contributed by atoms with E-state index in [1.54, 1.807) is 17.9 Å². The van der Waals surface area contributed by atoms with Gasteiger partial charge in [-0.05, 0) is 23.4 Å². The number of nitrogens with zero attached hydrogens (tertiary/aromatic N) is 2. The maximum Gasteiger partial charge on any atom is 0.261 e. The number of nitrogens with two attached hydrogens (primary N) is 1. The first-order chi connectivity index (χ1) is 8.63. The fraction of sp³-hybridized carbons (Fsp3) is 0.333. The first-order valence-corrected chi connectivity index (χ1v) is 6.62. The third kappa shape index (κ3) is 2.38. The summed E-state index contributed by atoms with van der Waals surface area (Å²) in [6, 6.07) is 1.98. The minimum absolute atomic E-state index is 0.0508. The predicted molar refractivity (Wildman–Crippen MR) is 72.5 cm³/mol. The van der Waals surface area contributed by atoms with Crippen LogP contribution in [0.1, 0.15) is 27.7 Å². The van der Waals surface area contributed by atoms with Crippen molar-refractivity contribution in [1.29, 1.82) is 0 Å². The standard InChI is InChI=1S/C12H16N4OS/c1-3-8-4-5-18-10(8)12(17)14-6-9-7-15-16(2)11(9)13/h4-5,7H,3,6,13H2,1-2H3,(H,14,17). The molecule has 0 aromatic carbocycles. The van der Waals surface area contributed by atoms with Gasteiger partial charge in [0.05, 0.1) is 11.1 Å². The Hall–Kier alpha value is -1.82. The zero-order chi connectivity index (χ0) is 13.1. The Kier molecular flexibility index (Phi) is 3.66. The molecule has 3 N–H and O–H groups in total. The molecule has 18 heavy (non-hydrogen) atoms. The highest BCUT2D eigenvalue weighted by Crippen LogP contribution is 2.17. The van der Waals surface area contributed by atoms with E-state index in [2.05, 4.69) is 10.4 Å². The molecule has 2 aromatic rings. The molecule has 0 atom stereocenters. The Balaban J connectivity index is 2.03. The van der Waals surface area contributed by atoms with Crippen LogP contribution in [0, 0.1) is 0 Å². The molecule has 0 spiro atoms. The van der Waals surface area contributed by atoms with E-state index >= 15 is 0 Å². The Labute approximate surface area is 110 Å². The van der Waals surface area contributed by atoms with E-state index in [-0.39, 0.29) is 5.91 Å². The average molecular weight is 264 g/mol. The van der Waals surface area contributed by atoms with Gasteiger partial charge in [-0.15, -0.1) is 11.3 Å². The highest BCUT2D eigenvalue weighted by Gasteiger charge is 2.12. The summed E-state index contributed by atoms with van der Waals surface area (Å²) in [6.45, 7) is 2.44. The summed E-state index contributed by atoms with van der Waals surface area (Å²) >= 11 is 1.46. The Morgan fingerprint density at radius 3 is 2.94 bits per heavy atom. The van der Waals surface area contributed by atoms with Crippen molar-refractivity contribution in [2.24, 2.45) is 7.05 Å². The molecular weight excluding hydrogens is 248 g/mol. The van der Waals surface area contributed by atoms with E-state index in [1.807, 2.05) is 18.4 Å². The zero-order valence-electron chi connectivity index (χ0n) is 10.4. The normalized spacial score (nSPS) is 10.6. The van der Waals surface area contributed by atoms with Crippen LogP contribution in [0.3, 0.4) is 0 Å². The van der Waals surface area contributed by atoms with Crippen LogP contribution in [0.5, 0.6) is 0 Å².